The third kappa shape index (κ3) is 3.41. The zero-order valence-corrected chi connectivity index (χ0v) is 13.2. The van der Waals surface area contributed by atoms with Gasteiger partial charge in [-0.05, 0) is 41.8 Å². The maximum absolute atomic E-state index is 9.82. The SMILES string of the molecule is OCC(CO)(Cc1ccc(Br)cc1)c1cccc(Cl)c1. The molecule has 2 N–H and O–H groups in total. The van der Waals surface area contributed by atoms with E-state index in [1.165, 1.54) is 0 Å². The largest absolute Gasteiger partial charge is 0.395 e. The summed E-state index contributed by atoms with van der Waals surface area (Å²) in [4.78, 5) is 0. The molecule has 0 aliphatic rings. The maximum Gasteiger partial charge on any atom is 0.0553 e. The van der Waals surface area contributed by atoms with E-state index >= 15 is 0 Å². The second kappa shape index (κ2) is 6.72. The van der Waals surface area contributed by atoms with Crippen molar-refractivity contribution in [3.8, 4) is 0 Å². The van der Waals surface area contributed by atoms with Crippen LogP contribution in [0, 0.1) is 0 Å². The Labute approximate surface area is 132 Å². The van der Waals surface area contributed by atoms with E-state index in [9.17, 15) is 10.2 Å². The number of aliphatic hydroxyl groups is 2. The molecule has 0 bridgehead atoms. The molecule has 0 aromatic heterocycles. The Morgan fingerprint density at radius 3 is 2.20 bits per heavy atom. The van der Waals surface area contributed by atoms with E-state index in [2.05, 4.69) is 15.9 Å². The molecule has 0 aliphatic carbocycles. The van der Waals surface area contributed by atoms with Crippen molar-refractivity contribution in [2.24, 2.45) is 0 Å². The third-order valence-corrected chi connectivity index (χ3v) is 4.26. The molecule has 0 fully saturated rings. The van der Waals surface area contributed by atoms with Gasteiger partial charge in [-0.25, -0.2) is 0 Å². The smallest absolute Gasteiger partial charge is 0.0553 e. The number of hydrogen-bond acceptors (Lipinski definition) is 2. The summed E-state index contributed by atoms with van der Waals surface area (Å²) in [5.41, 5.74) is 1.17. The van der Waals surface area contributed by atoms with E-state index < -0.39 is 5.41 Å². The molecular formula is C16H16BrClO2. The van der Waals surface area contributed by atoms with Gasteiger partial charge in [0.15, 0.2) is 0 Å². The first kappa shape index (κ1) is 15.5. The standard InChI is InChI=1S/C16H16BrClO2/c17-14-6-4-12(5-7-14)9-16(10-19,11-20)13-2-1-3-15(18)8-13/h1-8,19-20H,9-11H2. The first-order chi connectivity index (χ1) is 9.59. The van der Waals surface area contributed by atoms with Gasteiger partial charge >= 0.3 is 0 Å². The van der Waals surface area contributed by atoms with Crippen molar-refractivity contribution in [3.63, 3.8) is 0 Å². The highest BCUT2D eigenvalue weighted by atomic mass is 79.9. The van der Waals surface area contributed by atoms with Crippen LogP contribution >= 0.6 is 27.5 Å². The molecule has 106 valence electrons. The molecule has 4 heteroatoms. The van der Waals surface area contributed by atoms with Crippen LogP contribution in [-0.4, -0.2) is 23.4 Å². The van der Waals surface area contributed by atoms with Gasteiger partial charge in [0.2, 0.25) is 0 Å². The molecule has 2 rings (SSSR count). The number of benzene rings is 2. The fourth-order valence-corrected chi connectivity index (χ4v) is 2.71. The van der Waals surface area contributed by atoms with Crippen LogP contribution in [0.25, 0.3) is 0 Å². The molecule has 0 atom stereocenters. The summed E-state index contributed by atoms with van der Waals surface area (Å²) < 4.78 is 1.00. The first-order valence-electron chi connectivity index (χ1n) is 6.32. The van der Waals surface area contributed by atoms with Crippen molar-refractivity contribution in [2.75, 3.05) is 13.2 Å². The molecule has 2 aromatic rings. The monoisotopic (exact) mass is 354 g/mol. The van der Waals surface area contributed by atoms with Gasteiger partial charge in [-0.3, -0.25) is 0 Å². The molecule has 20 heavy (non-hydrogen) atoms. The summed E-state index contributed by atoms with van der Waals surface area (Å²) >= 11 is 9.42. The van der Waals surface area contributed by atoms with E-state index in [1.807, 2.05) is 36.4 Å². The maximum atomic E-state index is 9.82. The number of rotatable bonds is 5. The van der Waals surface area contributed by atoms with Crippen molar-refractivity contribution in [2.45, 2.75) is 11.8 Å². The molecule has 2 aromatic carbocycles. The molecule has 2 nitrogen and oxygen atoms in total. The molecule has 0 aliphatic heterocycles. The zero-order chi connectivity index (χ0) is 14.6. The van der Waals surface area contributed by atoms with Crippen LogP contribution in [0.1, 0.15) is 11.1 Å². The normalized spacial score (nSPS) is 11.6. The van der Waals surface area contributed by atoms with Gasteiger partial charge in [-0.2, -0.15) is 0 Å². The summed E-state index contributed by atoms with van der Waals surface area (Å²) in [7, 11) is 0. The highest BCUT2D eigenvalue weighted by Gasteiger charge is 2.31. The van der Waals surface area contributed by atoms with Gasteiger partial charge in [0, 0.05) is 14.9 Å². The molecule has 0 heterocycles. The van der Waals surface area contributed by atoms with E-state index in [1.54, 1.807) is 12.1 Å². The second-order valence-electron chi connectivity index (χ2n) is 4.91. The molecule has 0 saturated carbocycles. The van der Waals surface area contributed by atoms with Gasteiger partial charge in [0.1, 0.15) is 0 Å². The minimum atomic E-state index is -0.723. The topological polar surface area (TPSA) is 40.5 Å². The van der Waals surface area contributed by atoms with Crippen LogP contribution < -0.4 is 0 Å². The Kier molecular flexibility index (Phi) is 5.22. The van der Waals surface area contributed by atoms with Crippen molar-refractivity contribution >= 4 is 27.5 Å². The fraction of sp³-hybridized carbons (Fsp3) is 0.250. The minimum Gasteiger partial charge on any atom is -0.395 e. The van der Waals surface area contributed by atoms with Gasteiger partial charge in [-0.1, -0.05) is 51.8 Å². The molecule has 0 unspecified atom stereocenters. The Hall–Kier alpha value is -0.870. The molecule has 0 radical (unpaired) electrons. The van der Waals surface area contributed by atoms with Gasteiger partial charge in [0.05, 0.1) is 13.2 Å². The lowest BCUT2D eigenvalue weighted by molar-refractivity contribution is 0.116. The van der Waals surface area contributed by atoms with E-state index in [0.29, 0.717) is 11.4 Å². The fourth-order valence-electron chi connectivity index (χ4n) is 2.26. The third-order valence-electron chi connectivity index (χ3n) is 3.50. The first-order valence-corrected chi connectivity index (χ1v) is 7.49. The highest BCUT2D eigenvalue weighted by Crippen LogP contribution is 2.30. The summed E-state index contributed by atoms with van der Waals surface area (Å²) in [5, 5.41) is 20.3. The lowest BCUT2D eigenvalue weighted by Crippen LogP contribution is -2.37. The second-order valence-corrected chi connectivity index (χ2v) is 6.26. The number of aliphatic hydroxyl groups excluding tert-OH is 2. The van der Waals surface area contributed by atoms with Crippen LogP contribution in [0.2, 0.25) is 5.02 Å². The lowest BCUT2D eigenvalue weighted by atomic mass is 9.77. The highest BCUT2D eigenvalue weighted by molar-refractivity contribution is 9.10. The molecule has 0 amide bonds. The molecule has 0 saturated heterocycles. The number of hydrogen-bond donors (Lipinski definition) is 2. The predicted octanol–water partition coefficient (Wildman–Crippen LogP) is 3.57. The zero-order valence-electron chi connectivity index (χ0n) is 10.9. The Balaban J connectivity index is 2.36. The van der Waals surface area contributed by atoms with Crippen molar-refractivity contribution in [3.05, 3.63) is 69.2 Å². The average molecular weight is 356 g/mol. The average Bonchev–Trinajstić information content (AvgIpc) is 2.47. The molecule has 0 spiro atoms. The summed E-state index contributed by atoms with van der Waals surface area (Å²) in [6, 6.07) is 15.2. The van der Waals surface area contributed by atoms with Gasteiger partial charge in [0.25, 0.3) is 0 Å². The van der Waals surface area contributed by atoms with Crippen LogP contribution in [0.15, 0.2) is 53.0 Å². The predicted molar refractivity (Wildman–Crippen MR) is 85.1 cm³/mol. The quantitative estimate of drug-likeness (QED) is 0.861. The van der Waals surface area contributed by atoms with Gasteiger partial charge in [-0.15, -0.1) is 0 Å². The van der Waals surface area contributed by atoms with Crippen LogP contribution in [0.4, 0.5) is 0 Å². The minimum absolute atomic E-state index is 0.139. The van der Waals surface area contributed by atoms with E-state index in [4.69, 9.17) is 11.6 Å². The van der Waals surface area contributed by atoms with E-state index in [-0.39, 0.29) is 13.2 Å². The summed E-state index contributed by atoms with van der Waals surface area (Å²) in [6.07, 6.45) is 0.549. The van der Waals surface area contributed by atoms with E-state index in [0.717, 1.165) is 15.6 Å². The molecular weight excluding hydrogens is 340 g/mol. The van der Waals surface area contributed by atoms with Crippen LogP contribution in [0.5, 0.6) is 0 Å². The Morgan fingerprint density at radius 1 is 1.00 bits per heavy atom. The summed E-state index contributed by atoms with van der Waals surface area (Å²) in [5.74, 6) is 0. The summed E-state index contributed by atoms with van der Waals surface area (Å²) in [6.45, 7) is -0.278. The van der Waals surface area contributed by atoms with Crippen LogP contribution in [-0.2, 0) is 11.8 Å². The Morgan fingerprint density at radius 2 is 1.65 bits per heavy atom. The number of halogens is 2. The van der Waals surface area contributed by atoms with Crippen LogP contribution in [0.3, 0.4) is 0 Å². The van der Waals surface area contributed by atoms with Crippen molar-refractivity contribution in [1.29, 1.82) is 0 Å². The lowest BCUT2D eigenvalue weighted by Gasteiger charge is -2.30. The van der Waals surface area contributed by atoms with Crippen molar-refractivity contribution < 1.29 is 10.2 Å². The van der Waals surface area contributed by atoms with Crippen molar-refractivity contribution in [1.82, 2.24) is 0 Å². The van der Waals surface area contributed by atoms with Gasteiger partial charge < -0.3 is 10.2 Å². The Bertz CT molecular complexity index is 565.